The van der Waals surface area contributed by atoms with Gasteiger partial charge in [-0.1, -0.05) is 12.1 Å². The number of hydrogen-bond donors (Lipinski definition) is 0. The summed E-state index contributed by atoms with van der Waals surface area (Å²) >= 11 is 0. The third kappa shape index (κ3) is 3.00. The maximum atomic E-state index is 12.8. The minimum absolute atomic E-state index is 0.0491. The Morgan fingerprint density at radius 1 is 0.875 bits per heavy atom. The van der Waals surface area contributed by atoms with Crippen LogP contribution in [0.1, 0.15) is 27.9 Å². The average molecular weight is 324 g/mol. The van der Waals surface area contributed by atoms with Crippen LogP contribution in [0.5, 0.6) is 17.2 Å². The first-order valence-corrected chi connectivity index (χ1v) is 7.80. The van der Waals surface area contributed by atoms with Crippen molar-refractivity contribution in [2.45, 2.75) is 12.8 Å². The van der Waals surface area contributed by atoms with Gasteiger partial charge in [0.1, 0.15) is 5.75 Å². The van der Waals surface area contributed by atoms with E-state index in [1.54, 1.807) is 27.4 Å². The van der Waals surface area contributed by atoms with Gasteiger partial charge in [-0.05, 0) is 54.3 Å². The Morgan fingerprint density at radius 3 is 2.17 bits per heavy atom. The van der Waals surface area contributed by atoms with E-state index in [9.17, 15) is 4.79 Å². The van der Waals surface area contributed by atoms with Crippen LogP contribution in [0.3, 0.4) is 0 Å². The fourth-order valence-electron chi connectivity index (χ4n) is 2.93. The van der Waals surface area contributed by atoms with Crippen LogP contribution < -0.4 is 14.2 Å². The number of aryl methyl sites for hydroxylation is 1. The molecule has 0 fully saturated rings. The van der Waals surface area contributed by atoms with Crippen molar-refractivity contribution in [2.75, 3.05) is 21.3 Å². The van der Waals surface area contributed by atoms with Crippen LogP contribution in [0.15, 0.2) is 42.0 Å². The molecule has 0 aromatic heterocycles. The zero-order valence-corrected chi connectivity index (χ0v) is 14.1. The summed E-state index contributed by atoms with van der Waals surface area (Å²) in [5, 5.41) is 0. The molecule has 0 N–H and O–H groups in total. The molecule has 4 heteroatoms. The minimum Gasteiger partial charge on any atom is -0.497 e. The zero-order chi connectivity index (χ0) is 17.1. The number of hydrogen-bond acceptors (Lipinski definition) is 4. The minimum atomic E-state index is 0.0491. The van der Waals surface area contributed by atoms with Crippen molar-refractivity contribution >= 4 is 11.9 Å². The summed E-state index contributed by atoms with van der Waals surface area (Å²) in [5.41, 5.74) is 3.49. The number of allylic oxidation sites excluding steroid dienone is 1. The lowest BCUT2D eigenvalue weighted by atomic mass is 9.85. The van der Waals surface area contributed by atoms with Gasteiger partial charge in [0.25, 0.3) is 0 Å². The molecule has 0 saturated heterocycles. The Bertz CT molecular complexity index is 788. The number of ketones is 1. The van der Waals surface area contributed by atoms with Crippen molar-refractivity contribution in [1.82, 2.24) is 0 Å². The van der Waals surface area contributed by atoms with Crippen molar-refractivity contribution in [1.29, 1.82) is 0 Å². The predicted molar refractivity (Wildman–Crippen MR) is 93.2 cm³/mol. The summed E-state index contributed by atoms with van der Waals surface area (Å²) in [6.07, 6.45) is 3.47. The van der Waals surface area contributed by atoms with Crippen molar-refractivity contribution < 1.29 is 19.0 Å². The topological polar surface area (TPSA) is 44.8 Å². The summed E-state index contributed by atoms with van der Waals surface area (Å²) in [5.74, 6) is 2.09. The van der Waals surface area contributed by atoms with Crippen LogP contribution in [0.25, 0.3) is 6.08 Å². The maximum Gasteiger partial charge on any atom is 0.189 e. The van der Waals surface area contributed by atoms with E-state index >= 15 is 0 Å². The van der Waals surface area contributed by atoms with Crippen LogP contribution in [-0.4, -0.2) is 27.1 Å². The Hall–Kier alpha value is -2.75. The number of carbonyl (C=O) groups excluding carboxylic acids is 1. The number of Topliss-reactive ketones (excluding diaryl/α,β-unsaturated/α-hetero) is 1. The standard InChI is InChI=1S/C20H20O4/c1-22-16-8-4-13(5-9-16)10-15-7-6-14-11-18(23-2)19(24-3)12-17(14)20(15)21/h4-5,8-12H,6-7H2,1-3H3/b15-10-. The van der Waals surface area contributed by atoms with Crippen molar-refractivity contribution in [2.24, 2.45) is 0 Å². The first-order chi connectivity index (χ1) is 11.7. The molecule has 0 saturated carbocycles. The maximum absolute atomic E-state index is 12.8. The van der Waals surface area contributed by atoms with Gasteiger partial charge in [-0.15, -0.1) is 0 Å². The predicted octanol–water partition coefficient (Wildman–Crippen LogP) is 3.92. The van der Waals surface area contributed by atoms with Gasteiger partial charge in [0.15, 0.2) is 17.3 Å². The second kappa shape index (κ2) is 6.79. The van der Waals surface area contributed by atoms with Crippen LogP contribution in [0.4, 0.5) is 0 Å². The number of fused-ring (bicyclic) bond motifs is 1. The monoisotopic (exact) mass is 324 g/mol. The zero-order valence-electron chi connectivity index (χ0n) is 14.1. The summed E-state index contributed by atoms with van der Waals surface area (Å²) in [6, 6.07) is 11.4. The first-order valence-electron chi connectivity index (χ1n) is 7.80. The second-order valence-corrected chi connectivity index (χ2v) is 5.64. The van der Waals surface area contributed by atoms with Gasteiger partial charge in [0.05, 0.1) is 21.3 Å². The van der Waals surface area contributed by atoms with Gasteiger partial charge in [-0.3, -0.25) is 4.79 Å². The molecule has 0 aliphatic heterocycles. The number of carbonyl (C=O) groups is 1. The number of rotatable bonds is 4. The van der Waals surface area contributed by atoms with Crippen LogP contribution in [-0.2, 0) is 6.42 Å². The Balaban J connectivity index is 1.94. The number of ether oxygens (including phenoxy) is 3. The normalized spacial score (nSPS) is 15.1. The molecule has 0 bridgehead atoms. The van der Waals surface area contributed by atoms with Gasteiger partial charge in [0.2, 0.25) is 0 Å². The molecule has 1 aliphatic carbocycles. The van der Waals surface area contributed by atoms with E-state index in [0.717, 1.165) is 28.9 Å². The molecular weight excluding hydrogens is 304 g/mol. The third-order valence-corrected chi connectivity index (χ3v) is 4.27. The lowest BCUT2D eigenvalue weighted by Gasteiger charge is -2.20. The van der Waals surface area contributed by atoms with E-state index < -0.39 is 0 Å². The average Bonchev–Trinajstić information content (AvgIpc) is 2.63. The second-order valence-electron chi connectivity index (χ2n) is 5.64. The highest BCUT2D eigenvalue weighted by Crippen LogP contribution is 2.35. The molecule has 3 rings (SSSR count). The molecule has 0 unspecified atom stereocenters. The van der Waals surface area contributed by atoms with E-state index in [-0.39, 0.29) is 5.78 Å². The smallest absolute Gasteiger partial charge is 0.189 e. The molecule has 4 nitrogen and oxygen atoms in total. The van der Waals surface area contributed by atoms with Gasteiger partial charge < -0.3 is 14.2 Å². The fourth-order valence-corrected chi connectivity index (χ4v) is 2.93. The highest BCUT2D eigenvalue weighted by Gasteiger charge is 2.24. The number of methoxy groups -OCH3 is 3. The van der Waals surface area contributed by atoms with Gasteiger partial charge in [0, 0.05) is 11.1 Å². The van der Waals surface area contributed by atoms with Gasteiger partial charge in [-0.2, -0.15) is 0 Å². The van der Waals surface area contributed by atoms with Crippen molar-refractivity contribution in [3.63, 3.8) is 0 Å². The SMILES string of the molecule is COc1ccc(/C=C2/CCc3cc(OC)c(OC)cc3C2=O)cc1. The summed E-state index contributed by atoms with van der Waals surface area (Å²) in [4.78, 5) is 12.8. The highest BCUT2D eigenvalue weighted by atomic mass is 16.5. The van der Waals surface area contributed by atoms with E-state index in [1.165, 1.54) is 0 Å². The first kappa shape index (κ1) is 16.1. The van der Waals surface area contributed by atoms with Gasteiger partial charge in [-0.25, -0.2) is 0 Å². The molecule has 24 heavy (non-hydrogen) atoms. The van der Waals surface area contributed by atoms with E-state index in [2.05, 4.69) is 0 Å². The van der Waals surface area contributed by atoms with Crippen molar-refractivity contribution in [3.8, 4) is 17.2 Å². The molecule has 0 atom stereocenters. The lowest BCUT2D eigenvalue weighted by Crippen LogP contribution is -2.14. The summed E-state index contributed by atoms with van der Waals surface area (Å²) < 4.78 is 15.8. The van der Waals surface area contributed by atoms with E-state index in [0.29, 0.717) is 23.5 Å². The largest absolute Gasteiger partial charge is 0.497 e. The van der Waals surface area contributed by atoms with E-state index in [4.69, 9.17) is 14.2 Å². The van der Waals surface area contributed by atoms with Crippen molar-refractivity contribution in [3.05, 3.63) is 58.7 Å². The molecule has 1 aliphatic rings. The molecule has 0 spiro atoms. The molecule has 0 radical (unpaired) electrons. The Labute approximate surface area is 141 Å². The van der Waals surface area contributed by atoms with Gasteiger partial charge >= 0.3 is 0 Å². The van der Waals surface area contributed by atoms with Crippen LogP contribution in [0, 0.1) is 0 Å². The fraction of sp³-hybridized carbons (Fsp3) is 0.250. The van der Waals surface area contributed by atoms with E-state index in [1.807, 2.05) is 36.4 Å². The van der Waals surface area contributed by atoms with Crippen LogP contribution in [0.2, 0.25) is 0 Å². The quantitative estimate of drug-likeness (QED) is 0.800. The Kier molecular flexibility index (Phi) is 4.56. The van der Waals surface area contributed by atoms with Crippen LogP contribution >= 0.6 is 0 Å². The lowest BCUT2D eigenvalue weighted by molar-refractivity contribution is 0.102. The Morgan fingerprint density at radius 2 is 1.54 bits per heavy atom. The molecule has 124 valence electrons. The molecular formula is C20H20O4. The third-order valence-electron chi connectivity index (χ3n) is 4.27. The summed E-state index contributed by atoms with van der Waals surface area (Å²) in [6.45, 7) is 0. The highest BCUT2D eigenvalue weighted by molar-refractivity contribution is 6.13. The number of benzene rings is 2. The molecule has 2 aromatic carbocycles. The molecule has 0 amide bonds. The molecule has 0 heterocycles. The summed E-state index contributed by atoms with van der Waals surface area (Å²) in [7, 11) is 4.81. The molecule has 2 aromatic rings.